The second-order valence-corrected chi connectivity index (χ2v) is 6.88. The first-order valence-electron chi connectivity index (χ1n) is 7.71. The molecule has 1 aromatic rings. The summed E-state index contributed by atoms with van der Waals surface area (Å²) < 4.78 is 0. The molecule has 0 bridgehead atoms. The second kappa shape index (κ2) is 6.84. The Labute approximate surface area is 136 Å². The molecular weight excluding hydrogens is 307 g/mol. The summed E-state index contributed by atoms with van der Waals surface area (Å²) in [6, 6.07) is 6.90. The molecule has 0 radical (unpaired) electrons. The van der Waals surface area contributed by atoms with Crippen LogP contribution in [0, 0.1) is 0 Å². The molecule has 0 aliphatic carbocycles. The number of piperazine rings is 1. The van der Waals surface area contributed by atoms with E-state index in [4.69, 9.17) is 23.2 Å². The summed E-state index contributed by atoms with van der Waals surface area (Å²) in [7, 11) is 0. The van der Waals surface area contributed by atoms with E-state index in [1.807, 2.05) is 18.2 Å². The van der Waals surface area contributed by atoms with Crippen LogP contribution in [0.25, 0.3) is 0 Å². The minimum atomic E-state index is 0.239. The van der Waals surface area contributed by atoms with Gasteiger partial charge in [0.25, 0.3) is 0 Å². The summed E-state index contributed by atoms with van der Waals surface area (Å²) in [6.07, 6.45) is 3.40. The minimum absolute atomic E-state index is 0.239. The van der Waals surface area contributed by atoms with Gasteiger partial charge in [0.2, 0.25) is 0 Å². The van der Waals surface area contributed by atoms with Crippen molar-refractivity contribution in [3.8, 4) is 0 Å². The molecule has 116 valence electrons. The van der Waals surface area contributed by atoms with Crippen LogP contribution in [0.4, 0.5) is 0 Å². The summed E-state index contributed by atoms with van der Waals surface area (Å²) in [6.45, 7) is 4.38. The van der Waals surface area contributed by atoms with E-state index >= 15 is 0 Å². The lowest BCUT2D eigenvalue weighted by Gasteiger charge is -2.43. The Bertz CT molecular complexity index is 497. The fraction of sp³-hybridized carbons (Fsp3) is 0.625. The van der Waals surface area contributed by atoms with Gasteiger partial charge in [-0.1, -0.05) is 35.3 Å². The van der Waals surface area contributed by atoms with Crippen molar-refractivity contribution in [3.63, 3.8) is 0 Å². The van der Waals surface area contributed by atoms with E-state index in [0.29, 0.717) is 22.1 Å². The normalized spacial score (nSPS) is 27.0. The van der Waals surface area contributed by atoms with Gasteiger partial charge in [-0.05, 0) is 37.4 Å². The Balaban J connectivity index is 1.76. The van der Waals surface area contributed by atoms with Crippen LogP contribution < -0.4 is 0 Å². The van der Waals surface area contributed by atoms with Crippen molar-refractivity contribution in [2.45, 2.75) is 37.9 Å². The molecule has 2 aliphatic heterocycles. The molecule has 0 saturated carbocycles. The molecule has 2 saturated heterocycles. The highest BCUT2D eigenvalue weighted by Gasteiger charge is 2.36. The van der Waals surface area contributed by atoms with Gasteiger partial charge in [0.05, 0.1) is 10.0 Å². The third kappa shape index (κ3) is 3.38. The molecule has 1 aromatic carbocycles. The van der Waals surface area contributed by atoms with Gasteiger partial charge in [0, 0.05) is 38.3 Å². The molecule has 5 heteroatoms. The first-order valence-corrected chi connectivity index (χ1v) is 8.46. The summed E-state index contributed by atoms with van der Waals surface area (Å²) in [5, 5.41) is 10.6. The Morgan fingerprint density at radius 2 is 2.10 bits per heavy atom. The highest BCUT2D eigenvalue weighted by atomic mass is 35.5. The molecule has 0 spiro atoms. The average Bonchev–Trinajstić information content (AvgIpc) is 2.91. The van der Waals surface area contributed by atoms with Gasteiger partial charge >= 0.3 is 0 Å². The SMILES string of the molecule is OCC[C@H]1CN2CCC[C@H]2CN1Cc1cccc(Cl)c1Cl. The van der Waals surface area contributed by atoms with E-state index < -0.39 is 0 Å². The van der Waals surface area contributed by atoms with Crippen molar-refractivity contribution in [2.24, 2.45) is 0 Å². The highest BCUT2D eigenvalue weighted by Crippen LogP contribution is 2.30. The highest BCUT2D eigenvalue weighted by molar-refractivity contribution is 6.42. The lowest BCUT2D eigenvalue weighted by molar-refractivity contribution is 0.0334. The van der Waals surface area contributed by atoms with E-state index in [1.54, 1.807) is 0 Å². The number of aliphatic hydroxyl groups excluding tert-OH is 1. The number of hydrogen-bond acceptors (Lipinski definition) is 3. The maximum Gasteiger partial charge on any atom is 0.0637 e. The molecule has 0 amide bonds. The average molecular weight is 329 g/mol. The standard InChI is InChI=1S/C16H22Cl2N2O/c17-15-5-1-3-12(16(15)18)9-20-11-13-4-2-7-19(13)10-14(20)6-8-21/h1,3,5,13-14,21H,2,4,6-11H2/t13-,14-/m0/s1. The topological polar surface area (TPSA) is 26.7 Å². The van der Waals surface area contributed by atoms with Crippen LogP contribution in [-0.2, 0) is 6.54 Å². The molecule has 0 aromatic heterocycles. The Kier molecular flexibility index (Phi) is 5.07. The van der Waals surface area contributed by atoms with Crippen molar-refractivity contribution < 1.29 is 5.11 Å². The van der Waals surface area contributed by atoms with Gasteiger partial charge in [-0.25, -0.2) is 0 Å². The van der Waals surface area contributed by atoms with Gasteiger partial charge in [-0.2, -0.15) is 0 Å². The van der Waals surface area contributed by atoms with Crippen LogP contribution in [0.3, 0.4) is 0 Å². The van der Waals surface area contributed by atoms with E-state index in [-0.39, 0.29) is 6.61 Å². The fourth-order valence-corrected chi connectivity index (χ4v) is 4.03. The number of hydrogen-bond donors (Lipinski definition) is 1. The third-order valence-corrected chi connectivity index (χ3v) is 5.63. The lowest BCUT2D eigenvalue weighted by Crippen LogP contribution is -2.55. The van der Waals surface area contributed by atoms with Crippen molar-refractivity contribution in [1.29, 1.82) is 0 Å². The largest absolute Gasteiger partial charge is 0.396 e. The number of halogens is 2. The Hall–Kier alpha value is -0.320. The summed E-state index contributed by atoms with van der Waals surface area (Å²) >= 11 is 12.4. The molecule has 3 nitrogen and oxygen atoms in total. The molecule has 1 N–H and O–H groups in total. The summed E-state index contributed by atoms with van der Waals surface area (Å²) in [5.74, 6) is 0. The van der Waals surface area contributed by atoms with Crippen molar-refractivity contribution in [3.05, 3.63) is 33.8 Å². The van der Waals surface area contributed by atoms with Crippen LogP contribution in [0.1, 0.15) is 24.8 Å². The van der Waals surface area contributed by atoms with Crippen molar-refractivity contribution in [1.82, 2.24) is 9.80 Å². The minimum Gasteiger partial charge on any atom is -0.396 e. The molecule has 21 heavy (non-hydrogen) atoms. The van der Waals surface area contributed by atoms with Crippen LogP contribution in [0.5, 0.6) is 0 Å². The lowest BCUT2D eigenvalue weighted by atomic mass is 10.0. The van der Waals surface area contributed by atoms with E-state index in [9.17, 15) is 5.11 Å². The number of aliphatic hydroxyl groups is 1. The molecular formula is C16H22Cl2N2O. The van der Waals surface area contributed by atoms with Gasteiger partial charge in [0.15, 0.2) is 0 Å². The Morgan fingerprint density at radius 1 is 1.24 bits per heavy atom. The molecule has 3 rings (SSSR count). The van der Waals surface area contributed by atoms with Crippen LogP contribution >= 0.6 is 23.2 Å². The van der Waals surface area contributed by atoms with E-state index in [0.717, 1.165) is 31.6 Å². The van der Waals surface area contributed by atoms with Crippen LogP contribution in [0.2, 0.25) is 10.0 Å². The van der Waals surface area contributed by atoms with Crippen LogP contribution in [0.15, 0.2) is 18.2 Å². The monoisotopic (exact) mass is 328 g/mol. The van der Waals surface area contributed by atoms with E-state index in [2.05, 4.69) is 9.80 Å². The smallest absolute Gasteiger partial charge is 0.0637 e. The van der Waals surface area contributed by atoms with Crippen LogP contribution in [-0.4, -0.2) is 53.2 Å². The van der Waals surface area contributed by atoms with Crippen molar-refractivity contribution >= 4 is 23.2 Å². The molecule has 0 unspecified atom stereocenters. The number of benzene rings is 1. The predicted molar refractivity (Wildman–Crippen MR) is 87.0 cm³/mol. The third-order valence-electron chi connectivity index (χ3n) is 4.77. The molecule has 2 atom stereocenters. The zero-order valence-electron chi connectivity index (χ0n) is 12.1. The van der Waals surface area contributed by atoms with Gasteiger partial charge < -0.3 is 5.11 Å². The summed E-state index contributed by atoms with van der Waals surface area (Å²) in [5.41, 5.74) is 1.08. The number of nitrogens with zero attached hydrogens (tertiary/aromatic N) is 2. The first kappa shape index (κ1) is 15.6. The predicted octanol–water partition coefficient (Wildman–Crippen LogP) is 3.02. The zero-order valence-corrected chi connectivity index (χ0v) is 13.7. The zero-order chi connectivity index (χ0) is 14.8. The van der Waals surface area contributed by atoms with Gasteiger partial charge in [0.1, 0.15) is 0 Å². The quantitative estimate of drug-likeness (QED) is 0.920. The second-order valence-electron chi connectivity index (χ2n) is 6.10. The fourth-order valence-electron chi connectivity index (χ4n) is 3.65. The molecule has 2 aliphatic rings. The Morgan fingerprint density at radius 3 is 2.90 bits per heavy atom. The first-order chi connectivity index (χ1) is 10.2. The van der Waals surface area contributed by atoms with Crippen molar-refractivity contribution in [2.75, 3.05) is 26.2 Å². The van der Waals surface area contributed by atoms with E-state index in [1.165, 1.54) is 19.4 Å². The number of fused-ring (bicyclic) bond motifs is 1. The maximum absolute atomic E-state index is 9.35. The number of rotatable bonds is 4. The molecule has 2 fully saturated rings. The molecule has 2 heterocycles. The summed E-state index contributed by atoms with van der Waals surface area (Å²) in [4.78, 5) is 5.05. The van der Waals surface area contributed by atoms with Gasteiger partial charge in [-0.15, -0.1) is 0 Å². The maximum atomic E-state index is 9.35. The van der Waals surface area contributed by atoms with Gasteiger partial charge in [-0.3, -0.25) is 9.80 Å².